The molecule has 0 saturated heterocycles. The van der Waals surface area contributed by atoms with Crippen LogP contribution < -0.4 is 16.8 Å². The van der Waals surface area contributed by atoms with Crippen LogP contribution in [0.5, 0.6) is 0 Å². The summed E-state index contributed by atoms with van der Waals surface area (Å²) in [7, 11) is 0. The maximum absolute atomic E-state index is 12.2. The van der Waals surface area contributed by atoms with E-state index in [1.54, 1.807) is 30.7 Å². The van der Waals surface area contributed by atoms with Gasteiger partial charge >= 0.3 is 0 Å². The van der Waals surface area contributed by atoms with Gasteiger partial charge in [0.05, 0.1) is 10.8 Å². The third-order valence-electron chi connectivity index (χ3n) is 2.90. The number of nitrogens with zero attached hydrogens (tertiary/aromatic N) is 1. The first kappa shape index (κ1) is 12.8. The van der Waals surface area contributed by atoms with Crippen molar-refractivity contribution in [2.24, 2.45) is 11.3 Å². The molecular weight excluding hydrogens is 250 g/mol. The van der Waals surface area contributed by atoms with Crippen molar-refractivity contribution >= 4 is 27.3 Å². The number of hydrogen-bond acceptors (Lipinski definition) is 4. The molecule has 0 unspecified atom stereocenters. The Morgan fingerprint density at radius 2 is 2.22 bits per heavy atom. The van der Waals surface area contributed by atoms with Crippen LogP contribution in [0.2, 0.25) is 0 Å². The summed E-state index contributed by atoms with van der Waals surface area (Å²) in [5.74, 6) is 4.85. The monoisotopic (exact) mass is 265 g/mol. The highest BCUT2D eigenvalue weighted by molar-refractivity contribution is 7.17. The molecule has 0 aromatic carbocycles. The molecule has 0 radical (unpaired) electrons. The summed E-state index contributed by atoms with van der Waals surface area (Å²) >= 11 is 1.53. The number of nitrogens with one attached hydrogen (secondary N) is 1. The minimum absolute atomic E-state index is 0.0772. The quantitative estimate of drug-likeness (QED) is 0.495. The third kappa shape index (κ3) is 2.16. The van der Waals surface area contributed by atoms with E-state index in [4.69, 9.17) is 5.84 Å². The molecule has 0 aliphatic rings. The average Bonchev–Trinajstić information content (AvgIpc) is 2.80. The third-order valence-corrected chi connectivity index (χ3v) is 3.79. The zero-order valence-corrected chi connectivity index (χ0v) is 11.1. The van der Waals surface area contributed by atoms with Crippen LogP contribution in [-0.4, -0.2) is 10.5 Å². The van der Waals surface area contributed by atoms with Crippen molar-refractivity contribution in [3.63, 3.8) is 0 Å². The number of hydrazine groups is 1. The van der Waals surface area contributed by atoms with E-state index < -0.39 is 5.41 Å². The largest absolute Gasteiger partial charge is 0.314 e. The zero-order valence-electron chi connectivity index (χ0n) is 10.3. The van der Waals surface area contributed by atoms with E-state index in [2.05, 4.69) is 5.43 Å². The average molecular weight is 265 g/mol. The topological polar surface area (TPSA) is 77.1 Å². The summed E-state index contributed by atoms with van der Waals surface area (Å²) in [6.07, 6.45) is 1.71. The number of amides is 1. The molecule has 0 saturated carbocycles. The van der Waals surface area contributed by atoms with Crippen LogP contribution in [0.1, 0.15) is 13.8 Å². The molecule has 0 aliphatic carbocycles. The van der Waals surface area contributed by atoms with Gasteiger partial charge in [0.1, 0.15) is 0 Å². The Hall–Kier alpha value is -1.66. The first-order valence-corrected chi connectivity index (χ1v) is 6.41. The molecule has 1 amide bonds. The summed E-state index contributed by atoms with van der Waals surface area (Å²) in [4.78, 5) is 23.8. The molecule has 0 fully saturated rings. The molecule has 5 nitrogen and oxygen atoms in total. The minimum atomic E-state index is -0.734. The molecule has 2 aromatic rings. The standard InChI is InChI=1S/C12H15N3O2S/c1-12(2,11(17)14-13)7-15-5-3-9-8(10(15)16)4-6-18-9/h3-6H,7,13H2,1-2H3,(H,14,17). The number of carbonyl (C=O) groups is 1. The van der Waals surface area contributed by atoms with Crippen LogP contribution in [0.25, 0.3) is 10.1 Å². The second kappa shape index (κ2) is 4.55. The van der Waals surface area contributed by atoms with Gasteiger partial charge in [-0.1, -0.05) is 0 Å². The van der Waals surface area contributed by atoms with Gasteiger partial charge in [0.2, 0.25) is 5.91 Å². The fraction of sp³-hybridized carbons (Fsp3) is 0.333. The Morgan fingerprint density at radius 1 is 1.50 bits per heavy atom. The van der Waals surface area contributed by atoms with Gasteiger partial charge in [0.15, 0.2) is 0 Å². The van der Waals surface area contributed by atoms with Gasteiger partial charge in [-0.05, 0) is 31.4 Å². The fourth-order valence-electron chi connectivity index (χ4n) is 1.82. The molecule has 0 aliphatic heterocycles. The van der Waals surface area contributed by atoms with Gasteiger partial charge in [-0.15, -0.1) is 11.3 Å². The van der Waals surface area contributed by atoms with Gasteiger partial charge < -0.3 is 4.57 Å². The Kier molecular flexibility index (Phi) is 3.23. The van der Waals surface area contributed by atoms with Gasteiger partial charge in [-0.3, -0.25) is 15.0 Å². The molecule has 0 atom stereocenters. The number of aromatic nitrogens is 1. The van der Waals surface area contributed by atoms with Gasteiger partial charge in [0, 0.05) is 17.4 Å². The number of rotatable bonds is 3. The van der Waals surface area contributed by atoms with E-state index >= 15 is 0 Å². The highest BCUT2D eigenvalue weighted by Crippen LogP contribution is 2.20. The molecule has 2 aromatic heterocycles. The Bertz CT molecular complexity index is 642. The van der Waals surface area contributed by atoms with E-state index in [0.29, 0.717) is 11.9 Å². The highest BCUT2D eigenvalue weighted by atomic mass is 32.1. The fourth-order valence-corrected chi connectivity index (χ4v) is 2.60. The van der Waals surface area contributed by atoms with E-state index in [-0.39, 0.29) is 11.5 Å². The van der Waals surface area contributed by atoms with E-state index in [0.717, 1.165) is 4.70 Å². The number of fused-ring (bicyclic) bond motifs is 1. The Morgan fingerprint density at radius 3 is 2.89 bits per heavy atom. The van der Waals surface area contributed by atoms with Crippen LogP contribution >= 0.6 is 11.3 Å². The maximum Gasteiger partial charge on any atom is 0.259 e. The lowest BCUT2D eigenvalue weighted by Gasteiger charge is -2.23. The lowest BCUT2D eigenvalue weighted by atomic mass is 9.92. The number of pyridine rings is 1. The summed E-state index contributed by atoms with van der Waals surface area (Å²) in [5.41, 5.74) is 1.31. The molecule has 3 N–H and O–H groups in total. The second-order valence-corrected chi connectivity index (χ2v) is 5.75. The molecule has 2 rings (SSSR count). The van der Waals surface area contributed by atoms with Crippen LogP contribution in [0.3, 0.4) is 0 Å². The molecule has 18 heavy (non-hydrogen) atoms. The number of carbonyl (C=O) groups excluding carboxylic acids is 1. The molecule has 6 heteroatoms. The number of thiophene rings is 1. The maximum atomic E-state index is 12.2. The Balaban J connectivity index is 2.41. The van der Waals surface area contributed by atoms with E-state index in [9.17, 15) is 9.59 Å². The number of nitrogens with two attached hydrogens (primary N) is 1. The normalized spacial score (nSPS) is 11.7. The van der Waals surface area contributed by atoms with Crippen molar-refractivity contribution in [1.82, 2.24) is 9.99 Å². The van der Waals surface area contributed by atoms with E-state index in [1.165, 1.54) is 11.3 Å². The molecular formula is C12H15N3O2S. The number of hydrogen-bond donors (Lipinski definition) is 2. The van der Waals surface area contributed by atoms with Crippen molar-refractivity contribution in [3.8, 4) is 0 Å². The second-order valence-electron chi connectivity index (χ2n) is 4.80. The summed E-state index contributed by atoms with van der Waals surface area (Å²) in [6, 6.07) is 3.69. The van der Waals surface area contributed by atoms with Crippen molar-refractivity contribution in [2.45, 2.75) is 20.4 Å². The zero-order chi connectivity index (χ0) is 13.3. The highest BCUT2D eigenvalue weighted by Gasteiger charge is 2.28. The minimum Gasteiger partial charge on any atom is -0.314 e. The Labute approximate surface area is 108 Å². The first-order valence-electron chi connectivity index (χ1n) is 5.53. The van der Waals surface area contributed by atoms with Crippen molar-refractivity contribution in [3.05, 3.63) is 34.1 Å². The summed E-state index contributed by atoms with van der Waals surface area (Å²) in [6.45, 7) is 3.79. The van der Waals surface area contributed by atoms with Crippen LogP contribution in [0.15, 0.2) is 28.5 Å². The van der Waals surface area contributed by atoms with E-state index in [1.807, 2.05) is 11.4 Å². The van der Waals surface area contributed by atoms with Crippen molar-refractivity contribution < 1.29 is 4.79 Å². The van der Waals surface area contributed by atoms with Crippen LogP contribution in [0.4, 0.5) is 0 Å². The smallest absolute Gasteiger partial charge is 0.259 e. The van der Waals surface area contributed by atoms with Crippen molar-refractivity contribution in [2.75, 3.05) is 0 Å². The summed E-state index contributed by atoms with van der Waals surface area (Å²) in [5, 5.41) is 2.57. The predicted molar refractivity (Wildman–Crippen MR) is 72.2 cm³/mol. The lowest BCUT2D eigenvalue weighted by Crippen LogP contribution is -2.44. The van der Waals surface area contributed by atoms with Crippen LogP contribution in [-0.2, 0) is 11.3 Å². The van der Waals surface area contributed by atoms with Gasteiger partial charge in [0.25, 0.3) is 5.56 Å². The summed E-state index contributed by atoms with van der Waals surface area (Å²) < 4.78 is 2.50. The lowest BCUT2D eigenvalue weighted by molar-refractivity contribution is -0.130. The van der Waals surface area contributed by atoms with Gasteiger partial charge in [-0.2, -0.15) is 0 Å². The SMILES string of the molecule is CC(C)(Cn1ccc2sccc2c1=O)C(=O)NN. The van der Waals surface area contributed by atoms with Crippen LogP contribution in [0, 0.1) is 5.41 Å². The molecule has 0 bridgehead atoms. The van der Waals surface area contributed by atoms with Crippen molar-refractivity contribution in [1.29, 1.82) is 0 Å². The molecule has 0 spiro atoms. The predicted octanol–water partition coefficient (Wildman–Crippen LogP) is 1.08. The first-order chi connectivity index (χ1) is 8.45. The molecule has 96 valence electrons. The molecule has 2 heterocycles. The van der Waals surface area contributed by atoms with Gasteiger partial charge in [-0.25, -0.2) is 5.84 Å².